The Morgan fingerprint density at radius 1 is 1.29 bits per heavy atom. The Bertz CT molecular complexity index is 373. The average molecular weight is 206 g/mol. The van der Waals surface area contributed by atoms with E-state index in [1.165, 1.54) is 0 Å². The minimum absolute atomic E-state index is 0.345. The van der Waals surface area contributed by atoms with Crippen LogP contribution in [0.4, 0.5) is 0 Å². The molecule has 0 aromatic heterocycles. The molecule has 0 amide bonds. The molecule has 74 valence electrons. The molecule has 0 saturated carbocycles. The number of nitrogens with one attached hydrogen (secondary N) is 1. The maximum atomic E-state index is 4.56. The number of hydrogen-bond donors (Lipinski definition) is 2. The fourth-order valence-electron chi connectivity index (χ4n) is 1.51. The zero-order chi connectivity index (χ0) is 10.1. The summed E-state index contributed by atoms with van der Waals surface area (Å²) in [6, 6.07) is 8.77. The Morgan fingerprint density at radius 3 is 2.57 bits per heavy atom. The second-order valence-electron chi connectivity index (χ2n) is 3.67. The first-order chi connectivity index (χ1) is 6.68. The van der Waals surface area contributed by atoms with Crippen LogP contribution < -0.4 is 5.32 Å². The smallest absolute Gasteiger partial charge is 0.130 e. The molecule has 0 spiro atoms. The van der Waals surface area contributed by atoms with Crippen molar-refractivity contribution in [2.24, 2.45) is 4.99 Å². The SMILES string of the molecule is CC1N=C(c2ccccc2S)NC1C. The zero-order valence-electron chi connectivity index (χ0n) is 8.36. The van der Waals surface area contributed by atoms with Crippen LogP contribution in [0.5, 0.6) is 0 Å². The van der Waals surface area contributed by atoms with Crippen molar-refractivity contribution < 1.29 is 0 Å². The van der Waals surface area contributed by atoms with Crippen LogP contribution in [0.1, 0.15) is 19.4 Å². The van der Waals surface area contributed by atoms with Crippen LogP contribution in [0.25, 0.3) is 0 Å². The maximum Gasteiger partial charge on any atom is 0.130 e. The Balaban J connectivity index is 2.34. The van der Waals surface area contributed by atoms with Gasteiger partial charge < -0.3 is 5.32 Å². The van der Waals surface area contributed by atoms with Crippen LogP contribution in [0.3, 0.4) is 0 Å². The highest BCUT2D eigenvalue weighted by Crippen LogP contribution is 2.17. The van der Waals surface area contributed by atoms with Crippen LogP contribution in [0.2, 0.25) is 0 Å². The molecule has 1 aliphatic rings. The fourth-order valence-corrected chi connectivity index (χ4v) is 1.78. The van der Waals surface area contributed by atoms with Gasteiger partial charge in [-0.1, -0.05) is 18.2 Å². The molecule has 1 aliphatic heterocycles. The normalized spacial score (nSPS) is 25.8. The average Bonchev–Trinajstić information content (AvgIpc) is 2.48. The minimum atomic E-state index is 0.345. The molecule has 1 heterocycles. The van der Waals surface area contributed by atoms with Gasteiger partial charge in [-0.2, -0.15) is 0 Å². The van der Waals surface area contributed by atoms with Crippen molar-refractivity contribution in [1.29, 1.82) is 0 Å². The summed E-state index contributed by atoms with van der Waals surface area (Å²) in [5.41, 5.74) is 1.09. The summed E-state index contributed by atoms with van der Waals surface area (Å²) in [5, 5.41) is 3.36. The van der Waals surface area contributed by atoms with Crippen LogP contribution in [0, 0.1) is 0 Å². The third-order valence-corrected chi connectivity index (χ3v) is 2.97. The minimum Gasteiger partial charge on any atom is -0.365 e. The molecule has 2 atom stereocenters. The van der Waals surface area contributed by atoms with Gasteiger partial charge in [0, 0.05) is 16.5 Å². The predicted molar refractivity (Wildman–Crippen MR) is 62.3 cm³/mol. The summed E-state index contributed by atoms with van der Waals surface area (Å²) < 4.78 is 0. The molecule has 2 rings (SSSR count). The Kier molecular flexibility index (Phi) is 2.50. The largest absolute Gasteiger partial charge is 0.365 e. The van der Waals surface area contributed by atoms with Crippen LogP contribution >= 0.6 is 12.6 Å². The molecule has 1 N–H and O–H groups in total. The van der Waals surface area contributed by atoms with E-state index < -0.39 is 0 Å². The van der Waals surface area contributed by atoms with Crippen LogP contribution in [0.15, 0.2) is 34.2 Å². The molecule has 1 aromatic carbocycles. The van der Waals surface area contributed by atoms with Gasteiger partial charge in [0.1, 0.15) is 5.84 Å². The number of hydrogen-bond acceptors (Lipinski definition) is 3. The van der Waals surface area contributed by atoms with E-state index in [1.807, 2.05) is 24.3 Å². The molecular weight excluding hydrogens is 192 g/mol. The molecule has 3 heteroatoms. The highest BCUT2D eigenvalue weighted by Gasteiger charge is 2.22. The number of rotatable bonds is 1. The van der Waals surface area contributed by atoms with Crippen molar-refractivity contribution in [3.05, 3.63) is 29.8 Å². The predicted octanol–water partition coefficient (Wildman–Crippen LogP) is 2.10. The summed E-state index contributed by atoms with van der Waals surface area (Å²) >= 11 is 4.41. The van der Waals surface area contributed by atoms with Gasteiger partial charge in [-0.25, -0.2) is 0 Å². The van der Waals surface area contributed by atoms with Crippen molar-refractivity contribution >= 4 is 18.5 Å². The molecule has 0 aliphatic carbocycles. The van der Waals surface area contributed by atoms with Crippen molar-refractivity contribution in [2.45, 2.75) is 30.8 Å². The summed E-state index contributed by atoms with van der Waals surface area (Å²) in [4.78, 5) is 5.53. The van der Waals surface area contributed by atoms with Crippen LogP contribution in [-0.2, 0) is 0 Å². The van der Waals surface area contributed by atoms with Crippen molar-refractivity contribution in [1.82, 2.24) is 5.32 Å². The molecule has 14 heavy (non-hydrogen) atoms. The van der Waals surface area contributed by atoms with E-state index in [0.717, 1.165) is 16.3 Å². The van der Waals surface area contributed by atoms with Gasteiger partial charge in [-0.3, -0.25) is 4.99 Å². The number of thiol groups is 1. The Morgan fingerprint density at radius 2 is 2.00 bits per heavy atom. The lowest BCUT2D eigenvalue weighted by atomic mass is 10.2. The van der Waals surface area contributed by atoms with E-state index in [-0.39, 0.29) is 0 Å². The van der Waals surface area contributed by atoms with Gasteiger partial charge in [-0.15, -0.1) is 12.6 Å². The molecule has 1 aromatic rings. The zero-order valence-corrected chi connectivity index (χ0v) is 9.25. The Hall–Kier alpha value is -0.960. The first-order valence-corrected chi connectivity index (χ1v) is 5.26. The van der Waals surface area contributed by atoms with Gasteiger partial charge in [0.15, 0.2) is 0 Å². The lowest BCUT2D eigenvalue weighted by Crippen LogP contribution is -2.30. The first kappa shape index (κ1) is 9.59. The van der Waals surface area contributed by atoms with E-state index >= 15 is 0 Å². The van der Waals surface area contributed by atoms with E-state index in [9.17, 15) is 0 Å². The molecule has 2 nitrogen and oxygen atoms in total. The monoisotopic (exact) mass is 206 g/mol. The maximum absolute atomic E-state index is 4.56. The summed E-state index contributed by atoms with van der Waals surface area (Å²) in [5.74, 6) is 0.968. The van der Waals surface area contributed by atoms with E-state index in [2.05, 4.69) is 36.8 Å². The second kappa shape index (κ2) is 3.65. The highest BCUT2D eigenvalue weighted by atomic mass is 32.1. The molecule has 0 saturated heterocycles. The summed E-state index contributed by atoms with van der Waals surface area (Å²) in [6.07, 6.45) is 0. The highest BCUT2D eigenvalue weighted by molar-refractivity contribution is 7.80. The van der Waals surface area contributed by atoms with Gasteiger partial charge in [0.05, 0.1) is 6.04 Å². The van der Waals surface area contributed by atoms with Gasteiger partial charge in [0.2, 0.25) is 0 Å². The molecule has 0 radical (unpaired) electrons. The lowest BCUT2D eigenvalue weighted by molar-refractivity contribution is 0.601. The molecule has 0 bridgehead atoms. The fraction of sp³-hybridized carbons (Fsp3) is 0.364. The summed E-state index contributed by atoms with van der Waals surface area (Å²) in [7, 11) is 0. The van der Waals surface area contributed by atoms with Gasteiger partial charge in [-0.05, 0) is 19.9 Å². The number of nitrogens with zero attached hydrogens (tertiary/aromatic N) is 1. The third kappa shape index (κ3) is 1.64. The van der Waals surface area contributed by atoms with Crippen molar-refractivity contribution in [3.63, 3.8) is 0 Å². The number of aliphatic imine (C=N–C) groups is 1. The molecular formula is C11H14N2S. The van der Waals surface area contributed by atoms with Crippen molar-refractivity contribution in [3.8, 4) is 0 Å². The Labute approximate surface area is 89.9 Å². The second-order valence-corrected chi connectivity index (χ2v) is 4.15. The standard InChI is InChI=1S/C11H14N2S/c1-7-8(2)13-11(12-7)9-5-3-4-6-10(9)14/h3-8,14H,1-2H3,(H,12,13). The number of benzene rings is 1. The third-order valence-electron chi connectivity index (χ3n) is 2.58. The topological polar surface area (TPSA) is 24.4 Å². The lowest BCUT2D eigenvalue weighted by Gasteiger charge is -2.09. The van der Waals surface area contributed by atoms with Gasteiger partial charge >= 0.3 is 0 Å². The van der Waals surface area contributed by atoms with E-state index in [0.29, 0.717) is 12.1 Å². The van der Waals surface area contributed by atoms with E-state index in [4.69, 9.17) is 0 Å². The summed E-state index contributed by atoms with van der Waals surface area (Å²) in [6.45, 7) is 4.26. The van der Waals surface area contributed by atoms with E-state index in [1.54, 1.807) is 0 Å². The molecule has 0 fully saturated rings. The number of amidine groups is 1. The van der Waals surface area contributed by atoms with Gasteiger partial charge in [0.25, 0.3) is 0 Å². The van der Waals surface area contributed by atoms with Crippen LogP contribution in [-0.4, -0.2) is 17.9 Å². The first-order valence-electron chi connectivity index (χ1n) is 4.81. The van der Waals surface area contributed by atoms with Crippen molar-refractivity contribution in [2.75, 3.05) is 0 Å². The quantitative estimate of drug-likeness (QED) is 0.676. The molecule has 2 unspecified atom stereocenters.